The van der Waals surface area contributed by atoms with Crippen molar-refractivity contribution in [2.75, 3.05) is 6.54 Å². The van der Waals surface area contributed by atoms with Crippen LogP contribution in [0.3, 0.4) is 0 Å². The number of hydrogen-bond donors (Lipinski definition) is 2. The quantitative estimate of drug-likeness (QED) is 0.599. The third kappa shape index (κ3) is 6.06. The van der Waals surface area contributed by atoms with E-state index >= 15 is 0 Å². The molecule has 2 amide bonds. The number of nitrogens with one attached hydrogen (secondary N) is 2. The van der Waals surface area contributed by atoms with E-state index in [-0.39, 0.29) is 17.9 Å². The summed E-state index contributed by atoms with van der Waals surface area (Å²) in [6.07, 6.45) is 0.999. The summed E-state index contributed by atoms with van der Waals surface area (Å²) in [4.78, 5) is 23.2. The monoisotopic (exact) mass is 296 g/mol. The Morgan fingerprint density at radius 2 is 1.85 bits per heavy atom. The van der Waals surface area contributed by atoms with Gasteiger partial charge in [-0.25, -0.2) is 0 Å². The highest BCUT2D eigenvalue weighted by atomic mass is 35.5. The molecule has 0 saturated carbocycles. The van der Waals surface area contributed by atoms with Gasteiger partial charge in [0.25, 0.3) is 0 Å². The molecule has 1 aromatic carbocycles. The Bertz CT molecular complexity index is 435. The van der Waals surface area contributed by atoms with Gasteiger partial charge in [0.1, 0.15) is 5.38 Å². The number of alkyl halides is 1. The fourth-order valence-corrected chi connectivity index (χ4v) is 1.94. The lowest BCUT2D eigenvalue weighted by Crippen LogP contribution is -2.32. The van der Waals surface area contributed by atoms with Crippen LogP contribution < -0.4 is 10.6 Å². The van der Waals surface area contributed by atoms with E-state index in [0.29, 0.717) is 19.4 Å². The normalized spacial score (nSPS) is 12.0. The molecule has 1 atom stereocenters. The first kappa shape index (κ1) is 16.5. The molecule has 5 heteroatoms. The number of rotatable bonds is 7. The molecule has 20 heavy (non-hydrogen) atoms. The maximum atomic E-state index is 11.8. The summed E-state index contributed by atoms with van der Waals surface area (Å²) in [7, 11) is 0. The van der Waals surface area contributed by atoms with Crippen LogP contribution in [0.1, 0.15) is 37.6 Å². The lowest BCUT2D eigenvalue weighted by Gasteiger charge is -2.11. The molecule has 0 aliphatic carbocycles. The predicted molar refractivity (Wildman–Crippen MR) is 80.6 cm³/mol. The third-order valence-electron chi connectivity index (χ3n) is 2.65. The minimum atomic E-state index is -0.694. The highest BCUT2D eigenvalue weighted by Crippen LogP contribution is 2.19. The largest absolute Gasteiger partial charge is 0.355 e. The summed E-state index contributed by atoms with van der Waals surface area (Å²) in [5.41, 5.74) is 0.768. The predicted octanol–water partition coefficient (Wildman–Crippen LogP) is 2.39. The van der Waals surface area contributed by atoms with Gasteiger partial charge in [0, 0.05) is 19.0 Å². The average Bonchev–Trinajstić information content (AvgIpc) is 2.42. The highest BCUT2D eigenvalue weighted by Gasteiger charge is 2.16. The lowest BCUT2D eigenvalue weighted by molar-refractivity contribution is -0.123. The van der Waals surface area contributed by atoms with Crippen LogP contribution >= 0.6 is 11.6 Å². The number of carbonyl (C=O) groups excluding carboxylic acids is 2. The third-order valence-corrected chi connectivity index (χ3v) is 3.10. The van der Waals surface area contributed by atoms with Crippen LogP contribution in [-0.2, 0) is 9.59 Å². The van der Waals surface area contributed by atoms with E-state index in [1.54, 1.807) is 0 Å². The van der Waals surface area contributed by atoms with Crippen molar-refractivity contribution in [1.82, 2.24) is 10.6 Å². The van der Waals surface area contributed by atoms with E-state index in [1.165, 1.54) is 0 Å². The molecule has 110 valence electrons. The summed E-state index contributed by atoms with van der Waals surface area (Å²) in [6, 6.07) is 9.32. The minimum Gasteiger partial charge on any atom is -0.355 e. The van der Waals surface area contributed by atoms with Gasteiger partial charge in [0.05, 0.1) is 0 Å². The van der Waals surface area contributed by atoms with Crippen LogP contribution in [0.4, 0.5) is 0 Å². The molecule has 0 fully saturated rings. The molecule has 0 saturated heterocycles. The molecule has 1 aromatic rings. The van der Waals surface area contributed by atoms with Gasteiger partial charge in [-0.3, -0.25) is 9.59 Å². The molecule has 0 spiro atoms. The van der Waals surface area contributed by atoms with Crippen LogP contribution in [0, 0.1) is 0 Å². The van der Waals surface area contributed by atoms with E-state index in [0.717, 1.165) is 5.56 Å². The number of hydrogen-bond acceptors (Lipinski definition) is 2. The van der Waals surface area contributed by atoms with Gasteiger partial charge in [-0.2, -0.15) is 0 Å². The fourth-order valence-electron chi connectivity index (χ4n) is 1.72. The summed E-state index contributed by atoms with van der Waals surface area (Å²) < 4.78 is 0. The van der Waals surface area contributed by atoms with Crippen molar-refractivity contribution >= 4 is 23.4 Å². The zero-order valence-corrected chi connectivity index (χ0v) is 12.6. The minimum absolute atomic E-state index is 0.000248. The molecule has 0 aliphatic rings. The van der Waals surface area contributed by atoms with Crippen molar-refractivity contribution in [1.29, 1.82) is 0 Å². The summed E-state index contributed by atoms with van der Waals surface area (Å²) >= 11 is 6.08. The first-order chi connectivity index (χ1) is 9.50. The second-order valence-corrected chi connectivity index (χ2v) is 5.33. The van der Waals surface area contributed by atoms with E-state index < -0.39 is 5.38 Å². The molecule has 0 aliphatic heterocycles. The van der Waals surface area contributed by atoms with Gasteiger partial charge in [-0.1, -0.05) is 30.3 Å². The van der Waals surface area contributed by atoms with Crippen LogP contribution in [0.15, 0.2) is 30.3 Å². The lowest BCUT2D eigenvalue weighted by atomic mass is 10.1. The first-order valence-corrected chi connectivity index (χ1v) is 7.20. The van der Waals surface area contributed by atoms with E-state index in [4.69, 9.17) is 11.6 Å². The number of benzene rings is 1. The SMILES string of the molecule is CC(C)NC(=O)CCCNC(=O)C(Cl)c1ccccc1. The van der Waals surface area contributed by atoms with Gasteiger partial charge < -0.3 is 10.6 Å². The maximum absolute atomic E-state index is 11.8. The Balaban J connectivity index is 2.25. The van der Waals surface area contributed by atoms with Crippen molar-refractivity contribution in [3.8, 4) is 0 Å². The second-order valence-electron chi connectivity index (χ2n) is 4.89. The zero-order chi connectivity index (χ0) is 15.0. The molecule has 0 heterocycles. The Labute approximate surface area is 124 Å². The number of carbonyl (C=O) groups is 2. The van der Waals surface area contributed by atoms with Crippen molar-refractivity contribution in [2.24, 2.45) is 0 Å². The van der Waals surface area contributed by atoms with E-state index in [9.17, 15) is 9.59 Å². The zero-order valence-electron chi connectivity index (χ0n) is 11.9. The van der Waals surface area contributed by atoms with Crippen LogP contribution in [0.25, 0.3) is 0 Å². The molecule has 0 aromatic heterocycles. The molecule has 1 rings (SSSR count). The summed E-state index contributed by atoms with van der Waals surface area (Å²) in [5.74, 6) is -0.234. The van der Waals surface area contributed by atoms with Crippen molar-refractivity contribution in [3.63, 3.8) is 0 Å². The second kappa shape index (κ2) is 8.59. The van der Waals surface area contributed by atoms with E-state index in [2.05, 4.69) is 10.6 Å². The highest BCUT2D eigenvalue weighted by molar-refractivity contribution is 6.30. The van der Waals surface area contributed by atoms with Crippen LogP contribution in [0.5, 0.6) is 0 Å². The molecular formula is C15H21ClN2O2. The van der Waals surface area contributed by atoms with Gasteiger partial charge in [-0.15, -0.1) is 11.6 Å². The van der Waals surface area contributed by atoms with Gasteiger partial charge >= 0.3 is 0 Å². The number of halogens is 1. The van der Waals surface area contributed by atoms with Gasteiger partial charge in [-0.05, 0) is 25.8 Å². The maximum Gasteiger partial charge on any atom is 0.242 e. The molecular weight excluding hydrogens is 276 g/mol. The summed E-state index contributed by atoms with van der Waals surface area (Å²) in [5, 5.41) is 4.85. The van der Waals surface area contributed by atoms with Crippen LogP contribution in [0.2, 0.25) is 0 Å². The van der Waals surface area contributed by atoms with Crippen LogP contribution in [-0.4, -0.2) is 24.4 Å². The Morgan fingerprint density at radius 1 is 1.20 bits per heavy atom. The molecule has 0 bridgehead atoms. The smallest absolute Gasteiger partial charge is 0.242 e. The average molecular weight is 297 g/mol. The molecule has 2 N–H and O–H groups in total. The molecule has 0 radical (unpaired) electrons. The van der Waals surface area contributed by atoms with Crippen molar-refractivity contribution in [3.05, 3.63) is 35.9 Å². The fraction of sp³-hybridized carbons (Fsp3) is 0.467. The standard InChI is InChI=1S/C15H21ClN2O2/c1-11(2)18-13(19)9-6-10-17-15(20)14(16)12-7-4-3-5-8-12/h3-5,7-8,11,14H,6,9-10H2,1-2H3,(H,17,20)(H,18,19). The summed E-state index contributed by atoms with van der Waals surface area (Å²) in [6.45, 7) is 4.27. The molecule has 4 nitrogen and oxygen atoms in total. The van der Waals surface area contributed by atoms with Crippen molar-refractivity contribution < 1.29 is 9.59 Å². The van der Waals surface area contributed by atoms with Gasteiger partial charge in [0.2, 0.25) is 11.8 Å². The van der Waals surface area contributed by atoms with Gasteiger partial charge in [0.15, 0.2) is 0 Å². The Morgan fingerprint density at radius 3 is 2.45 bits per heavy atom. The Hall–Kier alpha value is -1.55. The Kier molecular flexibility index (Phi) is 7.09. The van der Waals surface area contributed by atoms with E-state index in [1.807, 2.05) is 44.2 Å². The first-order valence-electron chi connectivity index (χ1n) is 6.76. The van der Waals surface area contributed by atoms with Crippen molar-refractivity contribution in [2.45, 2.75) is 38.1 Å². The molecule has 1 unspecified atom stereocenters. The number of amides is 2. The topological polar surface area (TPSA) is 58.2 Å².